The Morgan fingerprint density at radius 3 is 2.83 bits per heavy atom. The van der Waals surface area contributed by atoms with Crippen LogP contribution in [-0.4, -0.2) is 20.5 Å². The number of carboxylic acids is 1. The minimum Gasteiger partial charge on any atom is -0.481 e. The minimum atomic E-state index is -4.45. The van der Waals surface area contributed by atoms with Crippen molar-refractivity contribution >= 4 is 22.3 Å². The fourth-order valence-corrected chi connectivity index (χ4v) is 2.47. The van der Waals surface area contributed by atoms with Gasteiger partial charge in [-0.05, 0) is 12.8 Å². The van der Waals surface area contributed by atoms with Gasteiger partial charge in [-0.25, -0.2) is 4.98 Å². The van der Waals surface area contributed by atoms with Gasteiger partial charge in [-0.1, -0.05) is 0 Å². The van der Waals surface area contributed by atoms with Crippen LogP contribution < -0.4 is 0 Å². The fourth-order valence-electron chi connectivity index (χ4n) is 1.57. The summed E-state index contributed by atoms with van der Waals surface area (Å²) in [5, 5.41) is 10.2. The van der Waals surface area contributed by atoms with Crippen molar-refractivity contribution in [2.24, 2.45) is 0 Å². The molecule has 0 saturated carbocycles. The first-order valence-corrected chi connectivity index (χ1v) is 6.00. The highest BCUT2D eigenvalue weighted by Gasteiger charge is 2.34. The average Bonchev–Trinajstić information content (AvgIpc) is 2.77. The first-order valence-electron chi connectivity index (χ1n) is 5.12. The number of rotatable bonds is 4. The third-order valence-corrected chi connectivity index (χ3v) is 3.29. The van der Waals surface area contributed by atoms with Crippen LogP contribution in [0, 0.1) is 0 Å². The second kappa shape index (κ2) is 4.60. The van der Waals surface area contributed by atoms with Gasteiger partial charge in [0.25, 0.3) is 0 Å². The van der Waals surface area contributed by atoms with Crippen LogP contribution in [0.1, 0.15) is 24.2 Å². The van der Waals surface area contributed by atoms with Gasteiger partial charge in [0.15, 0.2) is 10.7 Å². The average molecular weight is 278 g/mol. The number of imidazole rings is 1. The fraction of sp³-hybridized carbons (Fsp3) is 0.400. The van der Waals surface area contributed by atoms with E-state index in [0.717, 1.165) is 17.5 Å². The SMILES string of the molecule is O=C(O)CCCc1csc2nc(C(F)(F)F)cn12. The van der Waals surface area contributed by atoms with Gasteiger partial charge in [0, 0.05) is 23.7 Å². The van der Waals surface area contributed by atoms with Crippen LogP contribution in [0.4, 0.5) is 13.2 Å². The Balaban J connectivity index is 2.19. The molecule has 0 aliphatic heterocycles. The van der Waals surface area contributed by atoms with Gasteiger partial charge in [-0.15, -0.1) is 11.3 Å². The number of carbonyl (C=O) groups is 1. The maximum Gasteiger partial charge on any atom is 0.434 e. The normalized spacial score (nSPS) is 12.2. The molecule has 2 heterocycles. The van der Waals surface area contributed by atoms with Crippen LogP contribution >= 0.6 is 11.3 Å². The molecule has 0 aliphatic carbocycles. The number of halogens is 3. The second-order valence-corrected chi connectivity index (χ2v) is 4.59. The van der Waals surface area contributed by atoms with Crippen molar-refractivity contribution < 1.29 is 23.1 Å². The molecule has 0 unspecified atom stereocenters. The lowest BCUT2D eigenvalue weighted by atomic mass is 10.2. The molecule has 0 aliphatic rings. The van der Waals surface area contributed by atoms with Crippen LogP contribution in [0.25, 0.3) is 4.96 Å². The molecular formula is C10H9F3N2O2S. The molecule has 4 nitrogen and oxygen atoms in total. The van der Waals surface area contributed by atoms with E-state index in [1.54, 1.807) is 5.38 Å². The first-order chi connectivity index (χ1) is 8.38. The largest absolute Gasteiger partial charge is 0.481 e. The number of hydrogen-bond acceptors (Lipinski definition) is 3. The minimum absolute atomic E-state index is 0.00182. The van der Waals surface area contributed by atoms with Gasteiger partial charge in [0.2, 0.25) is 0 Å². The molecule has 2 aromatic heterocycles. The summed E-state index contributed by atoms with van der Waals surface area (Å²) in [4.78, 5) is 14.1. The molecule has 0 fully saturated rings. The van der Waals surface area contributed by atoms with Gasteiger partial charge >= 0.3 is 12.1 Å². The molecule has 0 bridgehead atoms. The standard InChI is InChI=1S/C10H9F3N2O2S/c11-10(12,13)7-4-15-6(2-1-3-8(16)17)5-18-9(15)14-7/h4-5H,1-3H2,(H,16,17). The van der Waals surface area contributed by atoms with E-state index >= 15 is 0 Å². The summed E-state index contributed by atoms with van der Waals surface area (Å²) in [6, 6.07) is 0. The molecule has 0 aromatic carbocycles. The number of aryl methyl sites for hydroxylation is 1. The Bertz CT molecular complexity index is 573. The highest BCUT2D eigenvalue weighted by atomic mass is 32.1. The smallest absolute Gasteiger partial charge is 0.434 e. The molecule has 8 heteroatoms. The zero-order valence-corrected chi connectivity index (χ0v) is 9.88. The Labute approximate surface area is 104 Å². The number of alkyl halides is 3. The summed E-state index contributed by atoms with van der Waals surface area (Å²) in [5.74, 6) is -0.914. The molecule has 1 N–H and O–H groups in total. The van der Waals surface area contributed by atoms with Crippen LogP contribution in [0.2, 0.25) is 0 Å². The van der Waals surface area contributed by atoms with Crippen molar-refractivity contribution in [1.29, 1.82) is 0 Å². The molecule has 0 spiro atoms. The van der Waals surface area contributed by atoms with E-state index in [2.05, 4.69) is 4.98 Å². The lowest BCUT2D eigenvalue weighted by Gasteiger charge is -2.00. The van der Waals surface area contributed by atoms with Gasteiger partial charge in [-0.3, -0.25) is 9.20 Å². The van der Waals surface area contributed by atoms with E-state index in [4.69, 9.17) is 5.11 Å². The predicted octanol–water partition coefficient (Wildman–Crippen LogP) is 2.82. The monoisotopic (exact) mass is 278 g/mol. The third kappa shape index (κ3) is 2.63. The number of hydrogen-bond donors (Lipinski definition) is 1. The zero-order valence-electron chi connectivity index (χ0n) is 9.07. The lowest BCUT2D eigenvalue weighted by molar-refractivity contribution is -0.141. The number of carboxylic acid groups (broad SMARTS) is 1. The molecule has 0 radical (unpaired) electrons. The summed E-state index contributed by atoms with van der Waals surface area (Å²) >= 11 is 1.11. The number of thiazole rings is 1. The highest BCUT2D eigenvalue weighted by molar-refractivity contribution is 7.15. The van der Waals surface area contributed by atoms with E-state index in [-0.39, 0.29) is 11.4 Å². The molecule has 2 aromatic rings. The Morgan fingerprint density at radius 1 is 1.50 bits per heavy atom. The zero-order chi connectivity index (χ0) is 13.3. The summed E-state index contributed by atoms with van der Waals surface area (Å²) in [5.41, 5.74) is -0.270. The maximum atomic E-state index is 12.4. The van der Waals surface area contributed by atoms with Crippen molar-refractivity contribution in [2.75, 3.05) is 0 Å². The van der Waals surface area contributed by atoms with Gasteiger partial charge < -0.3 is 5.11 Å². The maximum absolute atomic E-state index is 12.4. The Morgan fingerprint density at radius 2 is 2.22 bits per heavy atom. The Hall–Kier alpha value is -1.57. The van der Waals surface area contributed by atoms with E-state index < -0.39 is 17.8 Å². The number of fused-ring (bicyclic) bond motifs is 1. The molecule has 0 saturated heterocycles. The van der Waals surface area contributed by atoms with Gasteiger partial charge in [0.05, 0.1) is 0 Å². The van der Waals surface area contributed by atoms with E-state index in [9.17, 15) is 18.0 Å². The number of aromatic nitrogens is 2. The van der Waals surface area contributed by atoms with Gasteiger partial charge in [0.1, 0.15) is 0 Å². The third-order valence-electron chi connectivity index (χ3n) is 2.40. The van der Waals surface area contributed by atoms with Crippen molar-refractivity contribution in [2.45, 2.75) is 25.4 Å². The van der Waals surface area contributed by atoms with Crippen molar-refractivity contribution in [1.82, 2.24) is 9.38 Å². The molecule has 0 amide bonds. The van der Waals surface area contributed by atoms with Crippen molar-refractivity contribution in [3.63, 3.8) is 0 Å². The van der Waals surface area contributed by atoms with Crippen molar-refractivity contribution in [3.8, 4) is 0 Å². The van der Waals surface area contributed by atoms with E-state index in [0.29, 0.717) is 18.5 Å². The number of nitrogens with zero attached hydrogens (tertiary/aromatic N) is 2. The van der Waals surface area contributed by atoms with Crippen LogP contribution in [-0.2, 0) is 17.4 Å². The molecule has 0 atom stereocenters. The lowest BCUT2D eigenvalue weighted by Crippen LogP contribution is -2.04. The first kappa shape index (κ1) is 12.9. The van der Waals surface area contributed by atoms with E-state index in [1.807, 2.05) is 0 Å². The van der Waals surface area contributed by atoms with Crippen LogP contribution in [0.5, 0.6) is 0 Å². The Kier molecular flexibility index (Phi) is 3.29. The van der Waals surface area contributed by atoms with Crippen LogP contribution in [0.15, 0.2) is 11.6 Å². The molecule has 2 rings (SSSR count). The molecular weight excluding hydrogens is 269 g/mol. The quantitative estimate of drug-likeness (QED) is 0.935. The molecule has 18 heavy (non-hydrogen) atoms. The predicted molar refractivity (Wildman–Crippen MR) is 58.6 cm³/mol. The molecule has 98 valence electrons. The topological polar surface area (TPSA) is 54.6 Å². The summed E-state index contributed by atoms with van der Waals surface area (Å²) in [7, 11) is 0. The van der Waals surface area contributed by atoms with E-state index in [1.165, 1.54) is 4.40 Å². The number of aliphatic carboxylic acids is 1. The summed E-state index contributed by atoms with van der Waals surface area (Å²) in [6.07, 6.45) is -2.70. The summed E-state index contributed by atoms with van der Waals surface area (Å²) < 4.78 is 38.7. The van der Waals surface area contributed by atoms with Crippen LogP contribution in [0.3, 0.4) is 0 Å². The highest BCUT2D eigenvalue weighted by Crippen LogP contribution is 2.30. The van der Waals surface area contributed by atoms with Gasteiger partial charge in [-0.2, -0.15) is 13.2 Å². The summed E-state index contributed by atoms with van der Waals surface area (Å²) in [6.45, 7) is 0. The second-order valence-electron chi connectivity index (χ2n) is 3.75. The van der Waals surface area contributed by atoms with Crippen molar-refractivity contribution in [3.05, 3.63) is 23.0 Å².